The molecule has 1 aliphatic rings. The Bertz CT molecular complexity index is 722. The van der Waals surface area contributed by atoms with Crippen molar-refractivity contribution in [2.75, 3.05) is 14.2 Å². The zero-order chi connectivity index (χ0) is 17.6. The third kappa shape index (κ3) is 4.10. The summed E-state index contributed by atoms with van der Waals surface area (Å²) in [4.78, 5) is 16.4. The highest BCUT2D eigenvalue weighted by Crippen LogP contribution is 2.31. The summed E-state index contributed by atoms with van der Waals surface area (Å²) in [5.74, 6) is 1.70. The maximum atomic E-state index is 12.1. The van der Waals surface area contributed by atoms with Crippen LogP contribution in [0.1, 0.15) is 38.0 Å². The number of methoxy groups -OCH3 is 2. The van der Waals surface area contributed by atoms with E-state index in [1.165, 1.54) is 6.42 Å². The summed E-state index contributed by atoms with van der Waals surface area (Å²) in [6.45, 7) is -0.0131. The third-order valence-corrected chi connectivity index (χ3v) is 4.39. The summed E-state index contributed by atoms with van der Waals surface area (Å²) in [6.07, 6.45) is 5.16. The van der Waals surface area contributed by atoms with Gasteiger partial charge in [0.15, 0.2) is 6.61 Å². The first-order valence-corrected chi connectivity index (χ1v) is 8.43. The average Bonchev–Trinajstić information content (AvgIpc) is 3.15. The van der Waals surface area contributed by atoms with Gasteiger partial charge < -0.3 is 18.7 Å². The fourth-order valence-corrected chi connectivity index (χ4v) is 3.00. The number of hydrogen-bond acceptors (Lipinski definition) is 7. The smallest absolute Gasteiger partial charge is 0.309 e. The van der Waals surface area contributed by atoms with Crippen LogP contribution in [-0.4, -0.2) is 30.3 Å². The second kappa shape index (κ2) is 8.00. The lowest BCUT2D eigenvalue weighted by atomic mass is 9.89. The molecule has 7 nitrogen and oxygen atoms in total. The molecule has 0 aliphatic heterocycles. The molecule has 0 radical (unpaired) electrons. The Morgan fingerprint density at radius 2 is 2.00 bits per heavy atom. The molecule has 134 valence electrons. The van der Waals surface area contributed by atoms with Crippen molar-refractivity contribution in [2.24, 2.45) is 5.92 Å². The Balaban J connectivity index is 1.65. The van der Waals surface area contributed by atoms with E-state index in [-0.39, 0.29) is 24.4 Å². The van der Waals surface area contributed by atoms with E-state index in [0.717, 1.165) is 25.7 Å². The monoisotopic (exact) mass is 346 g/mol. The molecule has 25 heavy (non-hydrogen) atoms. The molecule has 0 spiro atoms. The summed E-state index contributed by atoms with van der Waals surface area (Å²) in [5.41, 5.74) is 0.678. The van der Waals surface area contributed by atoms with Gasteiger partial charge in [-0.25, -0.2) is 0 Å². The molecule has 7 heteroatoms. The van der Waals surface area contributed by atoms with Crippen LogP contribution >= 0.6 is 0 Å². The Morgan fingerprint density at radius 1 is 1.20 bits per heavy atom. The molecule has 2 aromatic rings. The second-order valence-electron chi connectivity index (χ2n) is 6.02. The quantitative estimate of drug-likeness (QED) is 0.741. The Morgan fingerprint density at radius 3 is 2.72 bits per heavy atom. The minimum absolute atomic E-state index is 0.00201. The van der Waals surface area contributed by atoms with Gasteiger partial charge in [-0.1, -0.05) is 24.4 Å². The van der Waals surface area contributed by atoms with Crippen LogP contribution in [0.15, 0.2) is 22.7 Å². The standard InChI is InChI=1S/C18H22N2O5/c1-22-13-8-9-14(15(10-13)23-2)17-19-16(25-20-17)11-24-18(21)12-6-4-3-5-7-12/h8-10,12H,3-7,11H2,1-2H3. The number of carbonyl (C=O) groups excluding carboxylic acids is 1. The zero-order valence-electron chi connectivity index (χ0n) is 14.5. The molecule has 0 atom stereocenters. The molecular weight excluding hydrogens is 324 g/mol. The van der Waals surface area contributed by atoms with Crippen molar-refractivity contribution in [3.05, 3.63) is 24.1 Å². The Kier molecular flexibility index (Phi) is 5.53. The van der Waals surface area contributed by atoms with E-state index in [1.807, 2.05) is 0 Å². The highest BCUT2D eigenvalue weighted by atomic mass is 16.6. The van der Waals surface area contributed by atoms with Gasteiger partial charge in [-0.15, -0.1) is 0 Å². The summed E-state index contributed by atoms with van der Waals surface area (Å²) >= 11 is 0. The number of hydrogen-bond donors (Lipinski definition) is 0. The zero-order valence-corrected chi connectivity index (χ0v) is 14.5. The van der Waals surface area contributed by atoms with Crippen LogP contribution in [0.2, 0.25) is 0 Å². The Labute approximate surface area is 146 Å². The first kappa shape index (κ1) is 17.3. The van der Waals surface area contributed by atoms with Crippen molar-refractivity contribution in [2.45, 2.75) is 38.7 Å². The van der Waals surface area contributed by atoms with Crippen LogP contribution in [0, 0.1) is 5.92 Å². The van der Waals surface area contributed by atoms with Crippen LogP contribution in [0.5, 0.6) is 11.5 Å². The van der Waals surface area contributed by atoms with Crippen LogP contribution in [0.25, 0.3) is 11.4 Å². The number of benzene rings is 1. The molecular formula is C18H22N2O5. The van der Waals surface area contributed by atoms with Crippen LogP contribution in [-0.2, 0) is 16.1 Å². The number of carbonyl (C=O) groups is 1. The largest absolute Gasteiger partial charge is 0.497 e. The SMILES string of the molecule is COc1ccc(-c2noc(COC(=O)C3CCCCC3)n2)c(OC)c1. The van der Waals surface area contributed by atoms with E-state index in [2.05, 4.69) is 10.1 Å². The molecule has 1 heterocycles. The lowest BCUT2D eigenvalue weighted by Crippen LogP contribution is -2.20. The van der Waals surface area contributed by atoms with Gasteiger partial charge in [0.25, 0.3) is 5.89 Å². The molecule has 1 saturated carbocycles. The van der Waals surface area contributed by atoms with E-state index >= 15 is 0 Å². The summed E-state index contributed by atoms with van der Waals surface area (Å²) in [7, 11) is 3.15. The third-order valence-electron chi connectivity index (χ3n) is 4.39. The molecule has 0 amide bonds. The van der Waals surface area contributed by atoms with Crippen LogP contribution in [0.3, 0.4) is 0 Å². The number of aromatic nitrogens is 2. The van der Waals surface area contributed by atoms with E-state index in [0.29, 0.717) is 22.9 Å². The maximum absolute atomic E-state index is 12.1. The van der Waals surface area contributed by atoms with Gasteiger partial charge in [-0.3, -0.25) is 4.79 Å². The van der Waals surface area contributed by atoms with Gasteiger partial charge in [-0.05, 0) is 25.0 Å². The van der Waals surface area contributed by atoms with Crippen molar-refractivity contribution in [1.29, 1.82) is 0 Å². The average molecular weight is 346 g/mol. The summed E-state index contributed by atoms with van der Waals surface area (Å²) < 4.78 is 21.0. The molecule has 0 saturated heterocycles. The lowest BCUT2D eigenvalue weighted by molar-refractivity contribution is -0.151. The van der Waals surface area contributed by atoms with Crippen molar-refractivity contribution >= 4 is 5.97 Å². The topological polar surface area (TPSA) is 83.7 Å². The van der Waals surface area contributed by atoms with Crippen LogP contribution in [0.4, 0.5) is 0 Å². The molecule has 3 rings (SSSR count). The number of esters is 1. The van der Waals surface area contributed by atoms with E-state index in [1.54, 1.807) is 32.4 Å². The van der Waals surface area contributed by atoms with Gasteiger partial charge in [0.1, 0.15) is 11.5 Å². The number of nitrogens with zero attached hydrogens (tertiary/aromatic N) is 2. The first-order valence-electron chi connectivity index (χ1n) is 8.43. The highest BCUT2D eigenvalue weighted by Gasteiger charge is 2.23. The minimum atomic E-state index is -0.179. The number of ether oxygens (including phenoxy) is 3. The summed E-state index contributed by atoms with van der Waals surface area (Å²) in [6, 6.07) is 5.33. The molecule has 0 unspecified atom stereocenters. The van der Waals surface area contributed by atoms with Crippen molar-refractivity contribution < 1.29 is 23.5 Å². The van der Waals surface area contributed by atoms with Crippen molar-refractivity contribution in [1.82, 2.24) is 10.1 Å². The van der Waals surface area contributed by atoms with Gasteiger partial charge in [0.05, 0.1) is 25.7 Å². The van der Waals surface area contributed by atoms with Gasteiger partial charge >= 0.3 is 5.97 Å². The van der Waals surface area contributed by atoms with E-state index in [4.69, 9.17) is 18.7 Å². The highest BCUT2D eigenvalue weighted by molar-refractivity contribution is 5.72. The van der Waals surface area contributed by atoms with Crippen molar-refractivity contribution in [3.63, 3.8) is 0 Å². The summed E-state index contributed by atoms with van der Waals surface area (Å²) in [5, 5.41) is 3.94. The minimum Gasteiger partial charge on any atom is -0.497 e. The molecule has 0 N–H and O–H groups in total. The van der Waals surface area contributed by atoms with Crippen LogP contribution < -0.4 is 9.47 Å². The van der Waals surface area contributed by atoms with Gasteiger partial charge in [0, 0.05) is 6.07 Å². The second-order valence-corrected chi connectivity index (χ2v) is 6.02. The lowest BCUT2D eigenvalue weighted by Gasteiger charge is -2.19. The molecule has 1 fully saturated rings. The molecule has 0 bridgehead atoms. The molecule has 1 aromatic heterocycles. The first-order chi connectivity index (χ1) is 12.2. The normalized spacial score (nSPS) is 15.0. The molecule has 1 aliphatic carbocycles. The molecule has 1 aromatic carbocycles. The Hall–Kier alpha value is -2.57. The predicted molar refractivity (Wildman–Crippen MR) is 89.2 cm³/mol. The fraction of sp³-hybridized carbons (Fsp3) is 0.500. The predicted octanol–water partition coefficient (Wildman–Crippen LogP) is 3.38. The van der Waals surface area contributed by atoms with E-state index < -0.39 is 0 Å². The van der Waals surface area contributed by atoms with Gasteiger partial charge in [0.2, 0.25) is 5.82 Å². The fourth-order valence-electron chi connectivity index (χ4n) is 3.00. The van der Waals surface area contributed by atoms with E-state index in [9.17, 15) is 4.79 Å². The van der Waals surface area contributed by atoms with Gasteiger partial charge in [-0.2, -0.15) is 4.98 Å². The maximum Gasteiger partial charge on any atom is 0.309 e. The number of rotatable bonds is 6. The van der Waals surface area contributed by atoms with Crippen molar-refractivity contribution in [3.8, 4) is 22.9 Å².